The van der Waals surface area contributed by atoms with Crippen molar-refractivity contribution >= 4 is 32.8 Å². The number of sulfonamides is 1. The van der Waals surface area contributed by atoms with Crippen molar-refractivity contribution in [2.24, 2.45) is 0 Å². The average molecular weight is 525 g/mol. The van der Waals surface area contributed by atoms with Gasteiger partial charge in [0.05, 0.1) is 26.3 Å². The number of hydrogen-bond acceptors (Lipinski definition) is 9. The number of carbonyl (C=O) groups excluding carboxylic acids is 1. The fourth-order valence-corrected chi connectivity index (χ4v) is 5.34. The summed E-state index contributed by atoms with van der Waals surface area (Å²) in [4.78, 5) is 11.8. The molecule has 0 aliphatic carbocycles. The van der Waals surface area contributed by atoms with Gasteiger partial charge < -0.3 is 23.8 Å². The van der Waals surface area contributed by atoms with Gasteiger partial charge in [-0.05, 0) is 29.8 Å². The van der Waals surface area contributed by atoms with Crippen LogP contribution >= 0.6 is 0 Å². The van der Waals surface area contributed by atoms with E-state index in [-0.39, 0.29) is 47.0 Å². The number of esters is 1. The SMILES string of the molecule is C=CCN(c1noc2cc(C(=O)OC)cc(OCc3ccccc3)c12)S(=O)(=O)c1c(O)cccc1OC. The van der Waals surface area contributed by atoms with Crippen LogP contribution in [0, 0.1) is 0 Å². The predicted octanol–water partition coefficient (Wildman–Crippen LogP) is 4.29. The topological polar surface area (TPSA) is 128 Å². The molecule has 10 nitrogen and oxygen atoms in total. The molecule has 4 aromatic rings. The van der Waals surface area contributed by atoms with Gasteiger partial charge in [-0.15, -0.1) is 6.58 Å². The Labute approximate surface area is 213 Å². The number of fused-ring (bicyclic) bond motifs is 1. The number of carbonyl (C=O) groups is 1. The molecule has 0 unspecified atom stereocenters. The van der Waals surface area contributed by atoms with Crippen LogP contribution in [-0.4, -0.2) is 45.4 Å². The number of phenolic OH excluding ortho intramolecular Hbond substituents is 1. The Kier molecular flexibility index (Phi) is 7.35. The van der Waals surface area contributed by atoms with E-state index in [0.29, 0.717) is 0 Å². The maximum absolute atomic E-state index is 13.8. The Bertz CT molecular complexity index is 1550. The van der Waals surface area contributed by atoms with E-state index < -0.39 is 26.6 Å². The first-order valence-corrected chi connectivity index (χ1v) is 12.4. The molecule has 0 saturated heterocycles. The zero-order chi connectivity index (χ0) is 26.6. The Hall–Kier alpha value is -4.51. The quantitative estimate of drug-likeness (QED) is 0.239. The third kappa shape index (κ3) is 4.94. The zero-order valence-corrected chi connectivity index (χ0v) is 20.9. The van der Waals surface area contributed by atoms with E-state index >= 15 is 0 Å². The van der Waals surface area contributed by atoms with E-state index in [1.54, 1.807) is 0 Å². The fourth-order valence-electron chi connectivity index (χ4n) is 3.73. The second-order valence-electron chi connectivity index (χ2n) is 7.75. The van der Waals surface area contributed by atoms with E-state index in [1.165, 1.54) is 50.6 Å². The summed E-state index contributed by atoms with van der Waals surface area (Å²) >= 11 is 0. The molecule has 192 valence electrons. The Morgan fingerprint density at radius 2 is 1.86 bits per heavy atom. The largest absolute Gasteiger partial charge is 0.506 e. The van der Waals surface area contributed by atoms with Crippen molar-refractivity contribution in [2.75, 3.05) is 25.1 Å². The van der Waals surface area contributed by atoms with Crippen molar-refractivity contribution in [3.8, 4) is 17.2 Å². The van der Waals surface area contributed by atoms with Gasteiger partial charge in [0.15, 0.2) is 16.3 Å². The summed E-state index contributed by atoms with van der Waals surface area (Å²) in [5.41, 5.74) is 1.06. The highest BCUT2D eigenvalue weighted by Crippen LogP contribution is 2.41. The van der Waals surface area contributed by atoms with Gasteiger partial charge in [-0.3, -0.25) is 0 Å². The highest BCUT2D eigenvalue weighted by Gasteiger charge is 2.34. The molecule has 0 fully saturated rings. The highest BCUT2D eigenvalue weighted by atomic mass is 32.2. The van der Waals surface area contributed by atoms with Crippen LogP contribution in [0.3, 0.4) is 0 Å². The number of methoxy groups -OCH3 is 2. The van der Waals surface area contributed by atoms with E-state index in [0.717, 1.165) is 9.87 Å². The van der Waals surface area contributed by atoms with Gasteiger partial charge in [0.1, 0.15) is 29.2 Å². The average Bonchev–Trinajstić information content (AvgIpc) is 3.33. The number of anilines is 1. The Morgan fingerprint density at radius 3 is 2.54 bits per heavy atom. The molecule has 0 saturated carbocycles. The number of nitrogens with zero attached hydrogens (tertiary/aromatic N) is 2. The van der Waals surface area contributed by atoms with Gasteiger partial charge in [0, 0.05) is 0 Å². The van der Waals surface area contributed by atoms with E-state index in [1.807, 2.05) is 30.3 Å². The lowest BCUT2D eigenvalue weighted by Gasteiger charge is -2.22. The summed E-state index contributed by atoms with van der Waals surface area (Å²) in [5.74, 6) is -1.18. The molecule has 1 heterocycles. The summed E-state index contributed by atoms with van der Waals surface area (Å²) in [6.45, 7) is 3.55. The zero-order valence-electron chi connectivity index (χ0n) is 20.1. The lowest BCUT2D eigenvalue weighted by Crippen LogP contribution is -2.32. The number of rotatable bonds is 10. The summed E-state index contributed by atoms with van der Waals surface area (Å²) in [7, 11) is -1.92. The van der Waals surface area contributed by atoms with Crippen LogP contribution in [0.25, 0.3) is 11.0 Å². The first-order valence-electron chi connectivity index (χ1n) is 11.0. The predicted molar refractivity (Wildman–Crippen MR) is 136 cm³/mol. The maximum Gasteiger partial charge on any atom is 0.338 e. The summed E-state index contributed by atoms with van der Waals surface area (Å²) in [5, 5.41) is 14.6. The summed E-state index contributed by atoms with van der Waals surface area (Å²) < 4.78 is 50.1. The van der Waals surface area contributed by atoms with Crippen LogP contribution in [0.5, 0.6) is 17.2 Å². The third-order valence-electron chi connectivity index (χ3n) is 5.44. The molecule has 0 atom stereocenters. The number of hydrogen-bond donors (Lipinski definition) is 1. The number of phenols is 1. The van der Waals surface area contributed by atoms with Crippen molar-refractivity contribution in [3.05, 3.63) is 84.4 Å². The first kappa shape index (κ1) is 25.6. The van der Waals surface area contributed by atoms with Crippen LogP contribution in [0.15, 0.2) is 82.7 Å². The van der Waals surface area contributed by atoms with Crippen LogP contribution in [0.4, 0.5) is 5.82 Å². The third-order valence-corrected chi connectivity index (χ3v) is 7.26. The molecule has 0 radical (unpaired) electrons. The number of aromatic hydroxyl groups is 1. The van der Waals surface area contributed by atoms with Gasteiger partial charge in [0.2, 0.25) is 0 Å². The van der Waals surface area contributed by atoms with Crippen molar-refractivity contribution in [1.82, 2.24) is 5.16 Å². The minimum absolute atomic E-state index is 0.0598. The molecule has 4 rings (SSSR count). The van der Waals surface area contributed by atoms with Gasteiger partial charge >= 0.3 is 5.97 Å². The number of benzene rings is 3. The number of ether oxygens (including phenoxy) is 3. The van der Waals surface area contributed by atoms with Gasteiger partial charge in [-0.1, -0.05) is 47.6 Å². The lowest BCUT2D eigenvalue weighted by atomic mass is 10.1. The van der Waals surface area contributed by atoms with Crippen LogP contribution in [0.1, 0.15) is 15.9 Å². The standard InChI is InChI=1S/C26H24N2O8S/c1-4-13-28(37(31,32)24-19(29)11-8-12-20(24)33-2)25-23-21(35-16-17-9-6-5-7-10-17)14-18(26(30)34-3)15-22(23)36-27-25/h4-12,14-15,29H,1,13,16H2,2-3H3. The fraction of sp³-hybridized carbons (Fsp3) is 0.154. The molecule has 37 heavy (non-hydrogen) atoms. The Morgan fingerprint density at radius 1 is 1.11 bits per heavy atom. The molecule has 3 aromatic carbocycles. The normalized spacial score (nSPS) is 11.2. The van der Waals surface area contributed by atoms with Crippen molar-refractivity contribution < 1.29 is 37.1 Å². The van der Waals surface area contributed by atoms with E-state index in [4.69, 9.17) is 18.7 Å². The molecule has 1 N–H and O–H groups in total. The summed E-state index contributed by atoms with van der Waals surface area (Å²) in [6.07, 6.45) is 1.36. The maximum atomic E-state index is 13.8. The Balaban J connectivity index is 1.90. The molecule has 11 heteroatoms. The molecule has 0 aliphatic heterocycles. The van der Waals surface area contributed by atoms with E-state index in [9.17, 15) is 18.3 Å². The van der Waals surface area contributed by atoms with Gasteiger partial charge in [-0.2, -0.15) is 0 Å². The van der Waals surface area contributed by atoms with Crippen molar-refractivity contribution in [1.29, 1.82) is 0 Å². The first-order chi connectivity index (χ1) is 17.8. The minimum Gasteiger partial charge on any atom is -0.506 e. The monoisotopic (exact) mass is 524 g/mol. The smallest absolute Gasteiger partial charge is 0.338 e. The van der Waals surface area contributed by atoms with Crippen LogP contribution < -0.4 is 13.8 Å². The molecule has 0 bridgehead atoms. The van der Waals surface area contributed by atoms with Crippen LogP contribution in [-0.2, 0) is 21.4 Å². The highest BCUT2D eigenvalue weighted by molar-refractivity contribution is 7.93. The summed E-state index contributed by atoms with van der Waals surface area (Å²) in [6, 6.07) is 16.2. The van der Waals surface area contributed by atoms with E-state index in [2.05, 4.69) is 11.7 Å². The van der Waals surface area contributed by atoms with Gasteiger partial charge in [-0.25, -0.2) is 17.5 Å². The molecule has 0 aliphatic rings. The molecule has 0 spiro atoms. The minimum atomic E-state index is -4.45. The van der Waals surface area contributed by atoms with Gasteiger partial charge in [0.25, 0.3) is 10.0 Å². The molecular formula is C26H24N2O8S. The lowest BCUT2D eigenvalue weighted by molar-refractivity contribution is 0.0600. The second-order valence-corrected chi connectivity index (χ2v) is 9.55. The van der Waals surface area contributed by atoms with Crippen LogP contribution in [0.2, 0.25) is 0 Å². The second kappa shape index (κ2) is 10.6. The van der Waals surface area contributed by atoms with Crippen molar-refractivity contribution in [3.63, 3.8) is 0 Å². The molecule has 1 aromatic heterocycles. The molecular weight excluding hydrogens is 500 g/mol. The molecule has 0 amide bonds. The number of aromatic nitrogens is 1. The van der Waals surface area contributed by atoms with Crippen molar-refractivity contribution in [2.45, 2.75) is 11.5 Å².